The number of benzene rings is 3. The predicted octanol–water partition coefficient (Wildman–Crippen LogP) is 10.1. The van der Waals surface area contributed by atoms with Gasteiger partial charge < -0.3 is 45.1 Å². The molecule has 104 heavy (non-hydrogen) atoms. The molecule has 0 bridgehead atoms. The SMILES string of the molecule is CC[C@H]1C[C@@H](Nc2ncncc2C(=O)c2ccn(Cc3cccc(Cl)c3)n2)[C@@H]2OC(C)(C)O[C@H]12.CC[C@H]1C[C@@H](Nc2ncncc2C(=O)c2ccn[nH]2)[C@@H]2OC(C)(C)O[C@H]12.Clc1cccc(CBr)c1.NS(=O)(=O)OC[C@H]1C[C@@H](Nc2ncncc2C(=O)c2ccn(Cc3cccc(Cl)c3)n2)[C@H](O)[C@@H]1O. The topological polar surface area (TPSA) is 376 Å². The molecule has 5 aliphatic rings. The minimum Gasteiger partial charge on any atom is -0.390 e. The highest BCUT2D eigenvalue weighted by molar-refractivity contribution is 9.08. The van der Waals surface area contributed by atoms with Crippen LogP contribution in [-0.2, 0) is 51.9 Å². The zero-order chi connectivity index (χ0) is 74.0. The summed E-state index contributed by atoms with van der Waals surface area (Å²) in [6.07, 6.45) is 14.8. The number of aromatic nitrogens is 12. The van der Waals surface area contributed by atoms with E-state index in [1.807, 2.05) is 88.4 Å². The number of carbonyl (C=O) groups excluding carboxylic acids is 3. The van der Waals surface area contributed by atoms with E-state index in [2.05, 4.69) is 100 Å². The van der Waals surface area contributed by atoms with E-state index in [1.54, 1.807) is 58.3 Å². The van der Waals surface area contributed by atoms with Crippen molar-refractivity contribution in [3.05, 3.63) is 213 Å². The number of hydrogen-bond acceptors (Lipinski definition) is 24. The molecule has 2 aliphatic heterocycles. The summed E-state index contributed by atoms with van der Waals surface area (Å²) in [5.74, 6) is -0.878. The average molecular weight is 1570 g/mol. The molecule has 550 valence electrons. The fourth-order valence-electron chi connectivity index (χ4n) is 13.4. The number of ether oxygens (including phenoxy) is 4. The Kier molecular flexibility index (Phi) is 25.2. The smallest absolute Gasteiger partial charge is 0.333 e. The van der Waals surface area contributed by atoms with Crippen LogP contribution in [0.1, 0.15) is 138 Å². The van der Waals surface area contributed by atoms with Crippen molar-refractivity contribution < 1.29 is 56.1 Å². The molecule has 0 radical (unpaired) electrons. The maximum absolute atomic E-state index is 13.3. The number of aliphatic hydroxyl groups is 2. The van der Waals surface area contributed by atoms with Crippen LogP contribution in [0.15, 0.2) is 147 Å². The second kappa shape index (κ2) is 34.0. The number of nitrogens with two attached hydrogens (primary N) is 1. The van der Waals surface area contributed by atoms with Crippen molar-refractivity contribution >= 4 is 95.8 Å². The number of carbonyl (C=O) groups is 3. The van der Waals surface area contributed by atoms with Crippen molar-refractivity contribution in [3.63, 3.8) is 0 Å². The lowest BCUT2D eigenvalue weighted by atomic mass is 10.0. The molecule has 2 saturated heterocycles. The van der Waals surface area contributed by atoms with Crippen molar-refractivity contribution in [3.8, 4) is 0 Å². The summed E-state index contributed by atoms with van der Waals surface area (Å²) >= 11 is 21.1. The van der Waals surface area contributed by atoms with Crippen LogP contribution >= 0.6 is 50.7 Å². The summed E-state index contributed by atoms with van der Waals surface area (Å²) in [6.45, 7) is 12.6. The number of nitrogens with zero attached hydrogens (tertiary/aromatic N) is 11. The number of hydrogen-bond donors (Lipinski definition) is 7. The molecule has 6 aromatic heterocycles. The van der Waals surface area contributed by atoms with Gasteiger partial charge in [0.05, 0.1) is 72.8 Å². The van der Waals surface area contributed by atoms with Crippen molar-refractivity contribution in [1.82, 2.24) is 59.7 Å². The Morgan fingerprint density at radius 3 is 1.41 bits per heavy atom. The van der Waals surface area contributed by atoms with Crippen molar-refractivity contribution in [2.75, 3.05) is 22.6 Å². The number of aliphatic hydroxyl groups excluding tert-OH is 2. The Morgan fingerprint density at radius 1 is 0.596 bits per heavy atom. The summed E-state index contributed by atoms with van der Waals surface area (Å²) in [5.41, 5.74) is 4.93. The van der Waals surface area contributed by atoms with Crippen LogP contribution in [0.5, 0.6) is 0 Å². The lowest BCUT2D eigenvalue weighted by molar-refractivity contribution is -0.157. The molecule has 3 aliphatic carbocycles. The number of rotatable bonds is 22. The molecule has 8 heterocycles. The van der Waals surface area contributed by atoms with E-state index in [9.17, 15) is 33.0 Å². The molecular weight excluding hydrogens is 1490 g/mol. The standard InChI is InChI=1S/C25H28ClN5O3.C21H23ClN6O6S.C18H23N5O3.C7H6BrCl/c1-4-16-11-20(23-22(16)33-25(2,3)34-23)29-24-18(12-27-14-28-24)21(32)19-8-9-31(30-19)13-15-6-5-7-17(26)10-15;22-14-3-1-2-12(6-14)9-28-5-4-16(27-28)19(30)15-8-24-11-25-21(15)26-17-7-13(18(29)20(17)31)10-34-35(23,32)33;1-4-10-7-13(16-15(10)25-18(2,3)26-16)22-17-11(8-19-9-20-17)14(24)12-5-6-21-23-12;8-5-6-2-1-3-7(9)4-6/h5-10,12,14,16,20,22-23H,4,11,13H2,1-3H3,(H,27,28,29);1-6,8,11,13,17-18,20,29,31H,7,9-10H2,(H2,23,32,33)(H,24,25,26);5-6,8-10,13,15-16H,4,7H2,1-3H3,(H,21,23)(H,19,20,22);1-4H,5H2/t16-,20+,22+,23-;13-,17-,18-,20+;10-,13+,15+,16-;/m010./s1. The Labute approximate surface area is 624 Å². The van der Waals surface area contributed by atoms with E-state index >= 15 is 0 Å². The van der Waals surface area contributed by atoms with Gasteiger partial charge in [-0.05, 0) is 130 Å². The fourth-order valence-corrected chi connectivity index (χ4v) is 14.8. The van der Waals surface area contributed by atoms with Gasteiger partial charge in [-0.3, -0.25) is 33.0 Å². The maximum atomic E-state index is 13.3. The van der Waals surface area contributed by atoms with Crippen LogP contribution in [0, 0.1) is 17.8 Å². The quantitative estimate of drug-likeness (QED) is 0.0245. The molecule has 33 heteroatoms. The third kappa shape index (κ3) is 19.5. The first-order valence-electron chi connectivity index (χ1n) is 33.7. The highest BCUT2D eigenvalue weighted by Crippen LogP contribution is 2.46. The van der Waals surface area contributed by atoms with E-state index in [1.165, 1.54) is 43.1 Å². The van der Waals surface area contributed by atoms with Crippen molar-refractivity contribution in [2.45, 2.75) is 158 Å². The predicted molar refractivity (Wildman–Crippen MR) is 390 cm³/mol. The third-order valence-corrected chi connectivity index (χ3v) is 20.1. The Hall–Kier alpha value is -8.08. The molecule has 0 spiro atoms. The molecule has 0 unspecified atom stereocenters. The van der Waals surface area contributed by atoms with Crippen LogP contribution in [0.3, 0.4) is 0 Å². The summed E-state index contributed by atoms with van der Waals surface area (Å²) < 4.78 is 54.6. The molecule has 3 aromatic carbocycles. The van der Waals surface area contributed by atoms with Gasteiger partial charge in [-0.1, -0.05) is 114 Å². The first kappa shape index (κ1) is 77.0. The summed E-state index contributed by atoms with van der Waals surface area (Å²) in [6, 6.07) is 26.8. The van der Waals surface area contributed by atoms with Crippen LogP contribution in [-0.4, -0.2) is 169 Å². The molecule has 8 N–H and O–H groups in total. The number of aromatic amines is 1. The number of anilines is 3. The number of H-pyrrole nitrogens is 1. The molecular formula is C71H80BrCl3N16O12S. The van der Waals surface area contributed by atoms with Gasteiger partial charge in [0.2, 0.25) is 17.3 Å². The highest BCUT2D eigenvalue weighted by atomic mass is 79.9. The molecule has 28 nitrogen and oxygen atoms in total. The minimum absolute atomic E-state index is 0.0152. The van der Waals surface area contributed by atoms with Gasteiger partial charge in [0.15, 0.2) is 11.6 Å². The van der Waals surface area contributed by atoms with Gasteiger partial charge >= 0.3 is 10.3 Å². The second-order valence-corrected chi connectivity index (χ2v) is 29.7. The molecule has 9 aromatic rings. The van der Waals surface area contributed by atoms with Gasteiger partial charge in [-0.25, -0.2) is 35.0 Å². The van der Waals surface area contributed by atoms with Crippen LogP contribution < -0.4 is 21.1 Å². The van der Waals surface area contributed by atoms with Gasteiger partial charge in [0, 0.05) is 63.5 Å². The lowest BCUT2D eigenvalue weighted by Crippen LogP contribution is -2.36. The van der Waals surface area contributed by atoms with Crippen LogP contribution in [0.2, 0.25) is 15.1 Å². The summed E-state index contributed by atoms with van der Waals surface area (Å²) in [4.78, 5) is 64.0. The number of ketones is 3. The molecule has 5 fully saturated rings. The largest absolute Gasteiger partial charge is 0.390 e. The third-order valence-electron chi connectivity index (χ3n) is 18.3. The average Bonchev–Trinajstić information content (AvgIpc) is 1.62. The first-order chi connectivity index (χ1) is 49.7. The zero-order valence-corrected chi connectivity index (χ0v) is 62.2. The highest BCUT2D eigenvalue weighted by Gasteiger charge is 2.55. The lowest BCUT2D eigenvalue weighted by Gasteiger charge is -2.24. The van der Waals surface area contributed by atoms with Gasteiger partial charge in [0.25, 0.3) is 0 Å². The molecule has 12 atom stereocenters. The maximum Gasteiger partial charge on any atom is 0.333 e. The van der Waals surface area contributed by atoms with E-state index in [0.29, 0.717) is 69.1 Å². The fraction of sp³-hybridized carbons (Fsp3) is 0.408. The van der Waals surface area contributed by atoms with Crippen LogP contribution in [0.4, 0.5) is 17.5 Å². The molecule has 3 saturated carbocycles. The van der Waals surface area contributed by atoms with E-state index in [4.69, 9.17) is 58.9 Å². The molecule has 0 amide bonds. The number of fused-ring (bicyclic) bond motifs is 2. The normalized spacial score (nSPS) is 24.0. The zero-order valence-electron chi connectivity index (χ0n) is 57.5. The number of halogens is 4. The molecule has 14 rings (SSSR count). The van der Waals surface area contributed by atoms with Gasteiger partial charge in [0.1, 0.15) is 71.8 Å². The van der Waals surface area contributed by atoms with Gasteiger partial charge in [-0.15, -0.1) is 0 Å². The van der Waals surface area contributed by atoms with Crippen molar-refractivity contribution in [2.24, 2.45) is 22.9 Å². The first-order valence-corrected chi connectivity index (χ1v) is 37.4. The second-order valence-electron chi connectivity index (χ2n) is 26.6. The Morgan fingerprint density at radius 2 is 1.01 bits per heavy atom. The summed E-state index contributed by atoms with van der Waals surface area (Å²) in [7, 11) is -4.19. The monoisotopic (exact) mass is 1560 g/mol. The van der Waals surface area contributed by atoms with Crippen LogP contribution in [0.25, 0.3) is 0 Å². The van der Waals surface area contributed by atoms with E-state index in [0.717, 1.165) is 47.2 Å². The minimum atomic E-state index is -4.19. The number of alkyl halides is 1. The van der Waals surface area contributed by atoms with Crippen molar-refractivity contribution in [1.29, 1.82) is 0 Å². The van der Waals surface area contributed by atoms with E-state index in [-0.39, 0.29) is 71.6 Å². The van der Waals surface area contributed by atoms with Gasteiger partial charge in [-0.2, -0.15) is 23.7 Å². The Balaban J connectivity index is 0.000000148. The summed E-state index contributed by atoms with van der Waals surface area (Å²) in [5, 5.41) is 53.6. The van der Waals surface area contributed by atoms with E-state index < -0.39 is 58.4 Å². The number of nitrogens with one attached hydrogen (secondary N) is 4. The Bertz CT molecular complexity index is 4560.